The Labute approximate surface area is 290 Å². The molecule has 10 nitrogen and oxygen atoms in total. The van der Waals surface area contributed by atoms with Crippen molar-refractivity contribution in [3.8, 4) is 5.75 Å². The molecule has 1 aliphatic heterocycles. The zero-order chi connectivity index (χ0) is 34.6. The molecular formula is C36H38ClFN4O6S. The van der Waals surface area contributed by atoms with Gasteiger partial charge in [-0.05, 0) is 71.8 Å². The van der Waals surface area contributed by atoms with Crippen LogP contribution in [0.5, 0.6) is 5.75 Å². The highest BCUT2D eigenvalue weighted by Crippen LogP contribution is 2.21. The summed E-state index contributed by atoms with van der Waals surface area (Å²) in [5.74, 6) is -0.951. The molecule has 0 bridgehead atoms. The molecular weight excluding hydrogens is 671 g/mol. The number of hydrogen-bond acceptors (Lipinski definition) is 7. The minimum absolute atomic E-state index is 0.0449. The van der Waals surface area contributed by atoms with Gasteiger partial charge < -0.3 is 19.7 Å². The van der Waals surface area contributed by atoms with Crippen LogP contribution in [0.1, 0.15) is 11.1 Å². The normalized spacial score (nSPS) is 14.1. The molecule has 1 saturated heterocycles. The highest BCUT2D eigenvalue weighted by atomic mass is 35.5. The summed E-state index contributed by atoms with van der Waals surface area (Å²) in [5.41, 5.74) is 1.88. The number of carbonyl (C=O) groups excluding carboxylic acids is 2. The quantitative estimate of drug-likeness (QED) is 0.183. The van der Waals surface area contributed by atoms with E-state index in [-0.39, 0.29) is 35.2 Å². The van der Waals surface area contributed by atoms with Crippen LogP contribution >= 0.6 is 11.6 Å². The molecule has 1 aliphatic rings. The third-order valence-electron chi connectivity index (χ3n) is 7.96. The highest BCUT2D eigenvalue weighted by molar-refractivity contribution is 7.92. The molecule has 0 spiro atoms. The van der Waals surface area contributed by atoms with E-state index < -0.39 is 34.4 Å². The summed E-state index contributed by atoms with van der Waals surface area (Å²) >= 11 is 6.12. The van der Waals surface area contributed by atoms with Crippen LogP contribution in [0.4, 0.5) is 10.1 Å². The summed E-state index contributed by atoms with van der Waals surface area (Å²) in [5, 5.41) is 3.58. The standard InChI is InChI=1S/C36H38ClFN4O6S/c37-29-8-6-28(7-9-29)25-42(34(24-27-4-2-1-3-5-27)36(44)39-18-19-41-20-22-47-23-21-41)35(43)26-48-32-14-16-33(17-15-32)49(45,46)40-31-12-10-30(38)11-13-31/h1-17,34,40H,18-26H2,(H,39,44)/t34-/m0/s1. The lowest BCUT2D eigenvalue weighted by Gasteiger charge is -2.32. The molecule has 1 heterocycles. The van der Waals surface area contributed by atoms with Gasteiger partial charge in [0.25, 0.3) is 15.9 Å². The van der Waals surface area contributed by atoms with Crippen molar-refractivity contribution in [2.45, 2.75) is 23.9 Å². The Kier molecular flexibility index (Phi) is 12.6. The molecule has 4 aromatic carbocycles. The SMILES string of the molecule is O=C(NCCN1CCOCC1)[C@H](Cc1ccccc1)N(Cc1ccc(Cl)cc1)C(=O)COc1ccc(S(=O)(=O)Nc2ccc(F)cc2)cc1. The van der Waals surface area contributed by atoms with Gasteiger partial charge in [-0.3, -0.25) is 19.2 Å². The fourth-order valence-corrected chi connectivity index (χ4v) is 6.48. The maximum Gasteiger partial charge on any atom is 0.261 e. The summed E-state index contributed by atoms with van der Waals surface area (Å²) in [6, 6.07) is 26.2. The Morgan fingerprint density at radius 3 is 2.24 bits per heavy atom. The molecule has 0 radical (unpaired) electrons. The van der Waals surface area contributed by atoms with E-state index in [1.807, 2.05) is 30.3 Å². The van der Waals surface area contributed by atoms with E-state index in [0.717, 1.165) is 36.3 Å². The first kappa shape index (κ1) is 35.8. The second-order valence-corrected chi connectivity index (χ2v) is 13.6. The lowest BCUT2D eigenvalue weighted by Crippen LogP contribution is -2.52. The van der Waals surface area contributed by atoms with Crippen LogP contribution in [-0.2, 0) is 37.3 Å². The maximum atomic E-state index is 13.9. The lowest BCUT2D eigenvalue weighted by atomic mass is 10.0. The molecule has 1 fully saturated rings. The zero-order valence-electron chi connectivity index (χ0n) is 26.8. The number of nitrogens with one attached hydrogen (secondary N) is 2. The average molecular weight is 709 g/mol. The summed E-state index contributed by atoms with van der Waals surface area (Å²) < 4.78 is 52.6. The average Bonchev–Trinajstić information content (AvgIpc) is 3.11. The topological polar surface area (TPSA) is 117 Å². The second-order valence-electron chi connectivity index (χ2n) is 11.5. The van der Waals surface area contributed by atoms with Gasteiger partial charge in [0.15, 0.2) is 6.61 Å². The molecule has 2 amide bonds. The van der Waals surface area contributed by atoms with Crippen LogP contribution in [0.15, 0.2) is 108 Å². The Morgan fingerprint density at radius 1 is 0.898 bits per heavy atom. The van der Waals surface area contributed by atoms with E-state index in [1.54, 1.807) is 24.3 Å². The third-order valence-corrected chi connectivity index (χ3v) is 9.61. The number of halogens is 2. The monoisotopic (exact) mass is 708 g/mol. The van der Waals surface area contributed by atoms with Gasteiger partial charge in [-0.1, -0.05) is 54.1 Å². The van der Waals surface area contributed by atoms with Gasteiger partial charge in [0.2, 0.25) is 5.91 Å². The Balaban J connectivity index is 1.31. The van der Waals surface area contributed by atoms with Crippen LogP contribution in [0, 0.1) is 5.82 Å². The summed E-state index contributed by atoms with van der Waals surface area (Å²) in [6.45, 7) is 3.68. The number of morpholine rings is 1. The number of sulfonamides is 1. The summed E-state index contributed by atoms with van der Waals surface area (Å²) in [7, 11) is -3.96. The first-order valence-corrected chi connectivity index (χ1v) is 17.7. The molecule has 13 heteroatoms. The van der Waals surface area contributed by atoms with Gasteiger partial charge in [-0.15, -0.1) is 0 Å². The number of amides is 2. The molecule has 4 aromatic rings. The van der Waals surface area contributed by atoms with Crippen LogP contribution in [-0.4, -0.2) is 82.1 Å². The van der Waals surface area contributed by atoms with E-state index in [0.29, 0.717) is 31.3 Å². The Morgan fingerprint density at radius 2 is 1.57 bits per heavy atom. The van der Waals surface area contributed by atoms with Gasteiger partial charge in [0.05, 0.1) is 18.1 Å². The fraction of sp³-hybridized carbons (Fsp3) is 0.278. The van der Waals surface area contributed by atoms with Gasteiger partial charge >= 0.3 is 0 Å². The maximum absolute atomic E-state index is 13.9. The smallest absolute Gasteiger partial charge is 0.261 e. The van der Waals surface area contributed by atoms with Gasteiger partial charge in [0, 0.05) is 49.9 Å². The predicted molar refractivity (Wildman–Crippen MR) is 185 cm³/mol. The first-order valence-electron chi connectivity index (χ1n) is 15.8. The molecule has 2 N–H and O–H groups in total. The molecule has 5 rings (SSSR count). The summed E-state index contributed by atoms with van der Waals surface area (Å²) in [6.07, 6.45) is 0.275. The van der Waals surface area contributed by atoms with E-state index in [1.165, 1.54) is 41.3 Å². The van der Waals surface area contributed by atoms with Gasteiger partial charge in [-0.2, -0.15) is 0 Å². The molecule has 49 heavy (non-hydrogen) atoms. The Hall–Kier alpha value is -4.49. The second kappa shape index (κ2) is 17.3. The van der Waals surface area contributed by atoms with Crippen LogP contribution < -0.4 is 14.8 Å². The van der Waals surface area contributed by atoms with Crippen molar-refractivity contribution in [2.24, 2.45) is 0 Å². The largest absolute Gasteiger partial charge is 0.484 e. The predicted octanol–water partition coefficient (Wildman–Crippen LogP) is 4.75. The van der Waals surface area contributed by atoms with E-state index in [9.17, 15) is 22.4 Å². The third kappa shape index (κ3) is 10.8. The van der Waals surface area contributed by atoms with E-state index in [4.69, 9.17) is 21.1 Å². The van der Waals surface area contributed by atoms with Crippen molar-refractivity contribution in [1.29, 1.82) is 0 Å². The van der Waals surface area contributed by atoms with Crippen LogP contribution in [0.25, 0.3) is 0 Å². The zero-order valence-corrected chi connectivity index (χ0v) is 28.3. The van der Waals surface area contributed by atoms with Crippen LogP contribution in [0.3, 0.4) is 0 Å². The van der Waals surface area contributed by atoms with Gasteiger partial charge in [-0.25, -0.2) is 12.8 Å². The fourth-order valence-electron chi connectivity index (χ4n) is 5.30. The van der Waals surface area contributed by atoms with Crippen molar-refractivity contribution < 1.29 is 31.9 Å². The molecule has 1 atom stereocenters. The highest BCUT2D eigenvalue weighted by Gasteiger charge is 2.31. The van der Waals surface area contributed by atoms with Crippen molar-refractivity contribution in [3.05, 3.63) is 125 Å². The molecule has 258 valence electrons. The number of carbonyl (C=O) groups is 2. The number of nitrogens with zero attached hydrogens (tertiary/aromatic N) is 2. The number of rotatable bonds is 15. The van der Waals surface area contributed by atoms with E-state index >= 15 is 0 Å². The number of hydrogen-bond donors (Lipinski definition) is 2. The number of anilines is 1. The Bertz CT molecular complexity index is 1770. The van der Waals surface area contributed by atoms with Crippen molar-refractivity contribution in [3.63, 3.8) is 0 Å². The summed E-state index contributed by atoms with van der Waals surface area (Å²) in [4.78, 5) is 31.5. The van der Waals surface area contributed by atoms with Crippen molar-refractivity contribution in [2.75, 3.05) is 50.7 Å². The lowest BCUT2D eigenvalue weighted by molar-refractivity contribution is -0.142. The first-order chi connectivity index (χ1) is 23.7. The van der Waals surface area contributed by atoms with Crippen molar-refractivity contribution in [1.82, 2.24) is 15.1 Å². The van der Waals surface area contributed by atoms with Crippen molar-refractivity contribution >= 4 is 39.1 Å². The molecule has 0 aliphatic carbocycles. The number of benzene rings is 4. The van der Waals surface area contributed by atoms with Gasteiger partial charge in [0.1, 0.15) is 17.6 Å². The minimum atomic E-state index is -3.96. The minimum Gasteiger partial charge on any atom is -0.484 e. The molecule has 0 aromatic heterocycles. The molecule has 0 unspecified atom stereocenters. The van der Waals surface area contributed by atoms with Crippen LogP contribution in [0.2, 0.25) is 5.02 Å². The number of ether oxygens (including phenoxy) is 2. The van der Waals surface area contributed by atoms with E-state index in [2.05, 4.69) is 14.9 Å². The molecule has 0 saturated carbocycles.